The molecule has 0 saturated carbocycles. The van der Waals surface area contributed by atoms with Gasteiger partial charge in [0.2, 0.25) is 6.29 Å². The van der Waals surface area contributed by atoms with Crippen molar-refractivity contribution >= 4 is 57.1 Å². The Morgan fingerprint density at radius 1 is 1.00 bits per heavy atom. The average molecular weight is 526 g/mol. The molecular weight excluding hydrogens is 506 g/mol. The molecule has 0 radical (unpaired) electrons. The van der Waals surface area contributed by atoms with Crippen molar-refractivity contribution in [3.05, 3.63) is 28.7 Å². The van der Waals surface area contributed by atoms with Crippen molar-refractivity contribution in [2.24, 2.45) is 0 Å². The minimum absolute atomic E-state index is 0.180. The Kier molecular flexibility index (Phi) is 7.19. The predicted octanol–water partition coefficient (Wildman–Crippen LogP) is 5.04. The van der Waals surface area contributed by atoms with Gasteiger partial charge >= 0.3 is 18.0 Å². The van der Waals surface area contributed by atoms with Crippen LogP contribution in [0.3, 0.4) is 0 Å². The summed E-state index contributed by atoms with van der Waals surface area (Å²) in [5.41, 5.74) is 0.949. The van der Waals surface area contributed by atoms with Crippen LogP contribution in [0.4, 0.5) is 16.2 Å². The number of rotatable bonds is 5. The molecule has 0 aromatic heterocycles. The molecule has 1 aliphatic rings. The third kappa shape index (κ3) is 4.78. The first-order valence-electron chi connectivity index (χ1n) is 9.29. The number of carbonyl (C=O) groups excluding carboxylic acids is 3. The van der Waals surface area contributed by atoms with Crippen LogP contribution in [0.25, 0.3) is 0 Å². The summed E-state index contributed by atoms with van der Waals surface area (Å²) < 4.78 is 26.7. The van der Waals surface area contributed by atoms with E-state index in [4.69, 9.17) is 23.7 Å². The van der Waals surface area contributed by atoms with Crippen LogP contribution in [-0.2, 0) is 19.1 Å². The Bertz CT molecular complexity index is 1090. The number of halogens is 1. The van der Waals surface area contributed by atoms with Gasteiger partial charge in [-0.3, -0.25) is 9.59 Å². The second-order valence-electron chi connectivity index (χ2n) is 6.50. The van der Waals surface area contributed by atoms with Gasteiger partial charge in [0.25, 0.3) is 0 Å². The summed E-state index contributed by atoms with van der Waals surface area (Å²) in [5, 5.41) is 0. The van der Waals surface area contributed by atoms with Gasteiger partial charge in [0.1, 0.15) is 5.75 Å². The van der Waals surface area contributed by atoms with E-state index in [0.717, 1.165) is 0 Å². The first-order valence-corrected chi connectivity index (χ1v) is 10.9. The van der Waals surface area contributed by atoms with Crippen LogP contribution >= 0.6 is 27.7 Å². The van der Waals surface area contributed by atoms with Crippen LogP contribution in [-0.4, -0.2) is 38.5 Å². The lowest BCUT2D eigenvalue weighted by atomic mass is 10.2. The number of hydrogen-bond donors (Lipinski definition) is 0. The molecule has 1 unspecified atom stereocenters. The lowest BCUT2D eigenvalue weighted by Crippen LogP contribution is -2.33. The average Bonchev–Trinajstić information content (AvgIpc) is 2.72. The fourth-order valence-electron chi connectivity index (χ4n) is 3.01. The van der Waals surface area contributed by atoms with E-state index in [1.54, 1.807) is 24.3 Å². The molecule has 3 rings (SSSR count). The molecule has 0 aliphatic carbocycles. The number of nitrogens with zero attached hydrogens (tertiary/aromatic N) is 1. The monoisotopic (exact) mass is 525 g/mol. The highest BCUT2D eigenvalue weighted by molar-refractivity contribution is 9.10. The molecule has 9 nitrogen and oxygen atoms in total. The van der Waals surface area contributed by atoms with Gasteiger partial charge in [0, 0.05) is 31.7 Å². The first-order chi connectivity index (χ1) is 15.2. The summed E-state index contributed by atoms with van der Waals surface area (Å²) >= 11 is 4.82. The lowest BCUT2D eigenvalue weighted by Gasteiger charge is -2.32. The summed E-state index contributed by atoms with van der Waals surface area (Å²) in [4.78, 5) is 38.6. The number of hydrogen-bond acceptors (Lipinski definition) is 9. The highest BCUT2D eigenvalue weighted by atomic mass is 79.9. The molecule has 170 valence electrons. The van der Waals surface area contributed by atoms with E-state index in [2.05, 4.69) is 15.9 Å². The molecule has 1 heterocycles. The van der Waals surface area contributed by atoms with Crippen LogP contribution < -0.4 is 19.1 Å². The van der Waals surface area contributed by atoms with Crippen LogP contribution in [0.1, 0.15) is 20.8 Å². The zero-order chi connectivity index (χ0) is 23.6. The van der Waals surface area contributed by atoms with Crippen LogP contribution in [0.2, 0.25) is 0 Å². The maximum atomic E-state index is 13.2. The Hall–Kier alpha value is -2.92. The highest BCUT2D eigenvalue weighted by Gasteiger charge is 2.35. The molecule has 1 atom stereocenters. The fourth-order valence-corrected chi connectivity index (χ4v) is 4.83. The summed E-state index contributed by atoms with van der Waals surface area (Å²) in [6, 6.07) is 6.75. The molecule has 0 saturated heterocycles. The van der Waals surface area contributed by atoms with Crippen molar-refractivity contribution in [2.45, 2.75) is 36.9 Å². The van der Waals surface area contributed by atoms with E-state index in [-0.39, 0.29) is 11.5 Å². The summed E-state index contributed by atoms with van der Waals surface area (Å²) in [7, 11) is 2.96. The Morgan fingerprint density at radius 2 is 1.72 bits per heavy atom. The van der Waals surface area contributed by atoms with Gasteiger partial charge in [-0.05, 0) is 34.1 Å². The molecule has 0 fully saturated rings. The van der Waals surface area contributed by atoms with E-state index < -0.39 is 24.3 Å². The summed E-state index contributed by atoms with van der Waals surface area (Å²) in [6.45, 7) is 3.93. The highest BCUT2D eigenvalue weighted by Crippen LogP contribution is 2.56. The van der Waals surface area contributed by atoms with Crippen molar-refractivity contribution in [2.75, 3.05) is 19.1 Å². The van der Waals surface area contributed by atoms with Gasteiger partial charge in [-0.2, -0.15) is 0 Å². The quantitative estimate of drug-likeness (QED) is 0.301. The molecule has 11 heteroatoms. The van der Waals surface area contributed by atoms with Gasteiger partial charge in [-0.15, -0.1) is 0 Å². The number of fused-ring (bicyclic) bond motifs is 2. The van der Waals surface area contributed by atoms with E-state index in [1.807, 2.05) is 0 Å². The van der Waals surface area contributed by atoms with Crippen molar-refractivity contribution in [3.63, 3.8) is 0 Å². The van der Waals surface area contributed by atoms with E-state index in [9.17, 15) is 14.4 Å². The van der Waals surface area contributed by atoms with Crippen molar-refractivity contribution in [1.29, 1.82) is 0 Å². The number of anilines is 2. The van der Waals surface area contributed by atoms with E-state index >= 15 is 0 Å². The molecule has 1 amide bonds. The van der Waals surface area contributed by atoms with E-state index in [1.165, 1.54) is 51.7 Å². The third-order valence-corrected chi connectivity index (χ3v) is 6.41. The largest absolute Gasteiger partial charge is 0.497 e. The Morgan fingerprint density at radius 3 is 2.31 bits per heavy atom. The predicted molar refractivity (Wildman–Crippen MR) is 119 cm³/mol. The smallest absolute Gasteiger partial charge is 0.422 e. The number of ether oxygens (including phenoxy) is 5. The number of esters is 2. The van der Waals surface area contributed by atoms with Crippen molar-refractivity contribution < 1.29 is 38.1 Å². The summed E-state index contributed by atoms with van der Waals surface area (Å²) in [5.74, 6) is -0.113. The van der Waals surface area contributed by atoms with Gasteiger partial charge in [0.15, 0.2) is 11.5 Å². The number of carbonyl (C=O) groups is 3. The van der Waals surface area contributed by atoms with E-state index in [0.29, 0.717) is 31.4 Å². The standard InChI is InChI=1S/C21H20BrNO8S/c1-10(24)29-12(3)31-21(26)23-14-7-6-13(27-4)8-17(14)32-20-15(23)9-16(28-5)19(18(20)22)30-11(2)25/h6-9,12H,1-5H3. The topological polar surface area (TPSA) is 101 Å². The van der Waals surface area contributed by atoms with Crippen LogP contribution in [0, 0.1) is 0 Å². The molecule has 0 spiro atoms. The SMILES string of the molecule is COc1ccc2c(c1)Sc1c(cc(OC)c(OC(C)=O)c1Br)N2C(=O)OC(C)OC(C)=O. The maximum absolute atomic E-state index is 13.2. The Balaban J connectivity index is 2.16. The zero-order valence-corrected chi connectivity index (χ0v) is 20.3. The molecule has 0 N–H and O–H groups in total. The number of benzene rings is 2. The number of amides is 1. The zero-order valence-electron chi connectivity index (χ0n) is 17.9. The normalized spacial score (nSPS) is 12.8. The fraction of sp³-hybridized carbons (Fsp3) is 0.286. The van der Waals surface area contributed by atoms with Crippen molar-refractivity contribution in [3.8, 4) is 17.2 Å². The molecular formula is C21H20BrNO8S. The first kappa shape index (κ1) is 23.7. The minimum Gasteiger partial charge on any atom is -0.497 e. The molecule has 2 aromatic rings. The molecule has 0 bridgehead atoms. The second kappa shape index (κ2) is 9.70. The minimum atomic E-state index is -1.11. The second-order valence-corrected chi connectivity index (χ2v) is 8.34. The summed E-state index contributed by atoms with van der Waals surface area (Å²) in [6.07, 6.45) is -1.88. The number of methoxy groups -OCH3 is 2. The van der Waals surface area contributed by atoms with Gasteiger partial charge < -0.3 is 23.7 Å². The molecule has 2 aromatic carbocycles. The van der Waals surface area contributed by atoms with Gasteiger partial charge in [-0.25, -0.2) is 9.69 Å². The van der Waals surface area contributed by atoms with Crippen LogP contribution in [0.15, 0.2) is 38.5 Å². The molecule has 1 aliphatic heterocycles. The molecule has 32 heavy (non-hydrogen) atoms. The van der Waals surface area contributed by atoms with Gasteiger partial charge in [-0.1, -0.05) is 11.8 Å². The lowest BCUT2D eigenvalue weighted by molar-refractivity contribution is -0.161. The van der Waals surface area contributed by atoms with Crippen molar-refractivity contribution in [1.82, 2.24) is 0 Å². The third-order valence-electron chi connectivity index (χ3n) is 4.23. The maximum Gasteiger partial charge on any atom is 0.422 e. The van der Waals surface area contributed by atoms with Crippen LogP contribution in [0.5, 0.6) is 17.2 Å². The Labute approximate surface area is 197 Å². The van der Waals surface area contributed by atoms with Gasteiger partial charge in [0.05, 0.1) is 35.0 Å².